The van der Waals surface area contributed by atoms with Crippen LogP contribution in [0.25, 0.3) is 0 Å². The molecule has 116 valence electrons. The number of halogens is 4. The van der Waals surface area contributed by atoms with Crippen LogP contribution in [0.15, 0.2) is 12.1 Å². The average Bonchev–Trinajstić information content (AvgIpc) is 2.69. The van der Waals surface area contributed by atoms with Crippen molar-refractivity contribution in [3.05, 3.63) is 34.9 Å². The van der Waals surface area contributed by atoms with E-state index in [9.17, 15) is 17.6 Å². The molecule has 1 unspecified atom stereocenters. The first-order valence-corrected chi connectivity index (χ1v) is 7.74. The molecular weight excluding hydrogens is 280 g/mol. The lowest BCUT2D eigenvalue weighted by Gasteiger charge is -2.30. The van der Waals surface area contributed by atoms with Gasteiger partial charge in [-0.1, -0.05) is 38.7 Å². The SMILES string of the molecule is CC1CCC(CC2Cc3ccc(F)c(F)c3C2(F)F)CC1. The summed E-state index contributed by atoms with van der Waals surface area (Å²) in [6, 6.07) is 2.26. The zero-order chi connectivity index (χ0) is 15.2. The van der Waals surface area contributed by atoms with Crippen LogP contribution in [0, 0.1) is 29.4 Å². The summed E-state index contributed by atoms with van der Waals surface area (Å²) in [6.45, 7) is 2.19. The van der Waals surface area contributed by atoms with E-state index in [1.54, 1.807) is 0 Å². The summed E-state index contributed by atoms with van der Waals surface area (Å²) in [4.78, 5) is 0. The van der Waals surface area contributed by atoms with Crippen LogP contribution in [-0.4, -0.2) is 0 Å². The molecule has 4 heteroatoms. The summed E-state index contributed by atoms with van der Waals surface area (Å²) in [5, 5.41) is 0. The van der Waals surface area contributed by atoms with E-state index in [4.69, 9.17) is 0 Å². The third-order valence-electron chi connectivity index (χ3n) is 5.25. The van der Waals surface area contributed by atoms with Crippen LogP contribution in [0.3, 0.4) is 0 Å². The molecular formula is C17H20F4. The van der Waals surface area contributed by atoms with Gasteiger partial charge in [-0.2, -0.15) is 0 Å². The van der Waals surface area contributed by atoms with Gasteiger partial charge in [0.1, 0.15) is 0 Å². The highest BCUT2D eigenvalue weighted by Crippen LogP contribution is 2.51. The first-order valence-electron chi connectivity index (χ1n) is 7.74. The predicted octanol–water partition coefficient (Wildman–Crippen LogP) is 5.45. The Morgan fingerprint density at radius 1 is 1.10 bits per heavy atom. The number of alkyl halides is 2. The Bertz CT molecular complexity index is 530. The minimum Gasteiger partial charge on any atom is -0.204 e. The number of fused-ring (bicyclic) bond motifs is 1. The van der Waals surface area contributed by atoms with E-state index in [0.29, 0.717) is 18.3 Å². The first-order chi connectivity index (χ1) is 9.89. The van der Waals surface area contributed by atoms with Crippen molar-refractivity contribution in [1.29, 1.82) is 0 Å². The maximum atomic E-state index is 14.5. The molecule has 2 aliphatic rings. The third kappa shape index (κ3) is 2.58. The Kier molecular flexibility index (Phi) is 3.74. The van der Waals surface area contributed by atoms with Crippen molar-refractivity contribution in [3.63, 3.8) is 0 Å². The van der Waals surface area contributed by atoms with E-state index in [-0.39, 0.29) is 12.0 Å². The van der Waals surface area contributed by atoms with Gasteiger partial charge in [0.15, 0.2) is 11.6 Å². The second-order valence-electron chi connectivity index (χ2n) is 6.78. The van der Waals surface area contributed by atoms with Crippen molar-refractivity contribution in [2.75, 3.05) is 0 Å². The summed E-state index contributed by atoms with van der Waals surface area (Å²) < 4.78 is 55.9. The lowest BCUT2D eigenvalue weighted by molar-refractivity contribution is -0.0649. The molecule has 3 rings (SSSR count). The highest BCUT2D eigenvalue weighted by Gasteiger charge is 2.51. The Morgan fingerprint density at radius 2 is 1.76 bits per heavy atom. The zero-order valence-electron chi connectivity index (χ0n) is 12.1. The van der Waals surface area contributed by atoms with Gasteiger partial charge >= 0.3 is 0 Å². The molecule has 0 heterocycles. The quantitative estimate of drug-likeness (QED) is 0.637. The van der Waals surface area contributed by atoms with E-state index in [2.05, 4.69) is 6.92 Å². The lowest BCUT2D eigenvalue weighted by atomic mass is 9.77. The molecule has 1 aromatic carbocycles. The summed E-state index contributed by atoms with van der Waals surface area (Å²) in [7, 11) is 0. The fraction of sp³-hybridized carbons (Fsp3) is 0.647. The Balaban J connectivity index is 1.79. The van der Waals surface area contributed by atoms with Gasteiger partial charge in [0.25, 0.3) is 5.92 Å². The second-order valence-corrected chi connectivity index (χ2v) is 6.78. The summed E-state index contributed by atoms with van der Waals surface area (Å²) >= 11 is 0. The van der Waals surface area contributed by atoms with E-state index in [0.717, 1.165) is 31.7 Å². The highest BCUT2D eigenvalue weighted by molar-refractivity contribution is 5.38. The van der Waals surface area contributed by atoms with Crippen LogP contribution in [0.5, 0.6) is 0 Å². The molecule has 0 aliphatic heterocycles. The van der Waals surface area contributed by atoms with E-state index in [1.165, 1.54) is 6.07 Å². The first kappa shape index (κ1) is 14.9. The molecule has 0 aromatic heterocycles. The fourth-order valence-electron chi connectivity index (χ4n) is 3.92. The van der Waals surface area contributed by atoms with E-state index in [1.807, 2.05) is 0 Å². The van der Waals surface area contributed by atoms with Gasteiger partial charge in [0.05, 0.1) is 5.56 Å². The fourth-order valence-corrected chi connectivity index (χ4v) is 3.92. The highest BCUT2D eigenvalue weighted by atomic mass is 19.3. The number of rotatable bonds is 2. The van der Waals surface area contributed by atoms with Crippen molar-refractivity contribution in [2.24, 2.45) is 17.8 Å². The van der Waals surface area contributed by atoms with Crippen LogP contribution in [-0.2, 0) is 12.3 Å². The van der Waals surface area contributed by atoms with E-state index >= 15 is 0 Å². The van der Waals surface area contributed by atoms with Crippen LogP contribution in [0.4, 0.5) is 17.6 Å². The number of benzene rings is 1. The molecule has 0 amide bonds. The topological polar surface area (TPSA) is 0 Å². The normalized spacial score (nSPS) is 31.2. The van der Waals surface area contributed by atoms with Crippen LogP contribution in [0.1, 0.15) is 50.2 Å². The smallest absolute Gasteiger partial charge is 0.204 e. The van der Waals surface area contributed by atoms with Crippen LogP contribution < -0.4 is 0 Å². The Hall–Kier alpha value is -1.06. The van der Waals surface area contributed by atoms with Crippen LogP contribution >= 0.6 is 0 Å². The lowest BCUT2D eigenvalue weighted by Crippen LogP contribution is -2.26. The Labute approximate surface area is 122 Å². The van der Waals surface area contributed by atoms with Gasteiger partial charge < -0.3 is 0 Å². The van der Waals surface area contributed by atoms with Crippen molar-refractivity contribution in [1.82, 2.24) is 0 Å². The summed E-state index contributed by atoms with van der Waals surface area (Å²) in [5.74, 6) is -5.71. The van der Waals surface area contributed by atoms with Gasteiger partial charge in [0.2, 0.25) is 0 Å². The molecule has 1 saturated carbocycles. The summed E-state index contributed by atoms with van der Waals surface area (Å²) in [6.07, 6.45) is 4.68. The maximum absolute atomic E-state index is 14.5. The van der Waals surface area contributed by atoms with Gasteiger partial charge in [-0.05, 0) is 36.3 Å². The molecule has 1 fully saturated rings. The standard InChI is InChI=1S/C17H20F4/c1-10-2-4-11(5-3-10)8-13-9-12-6-7-14(18)16(19)15(12)17(13,20)21/h6-7,10-11,13H,2-5,8-9H2,1H3. The molecule has 0 radical (unpaired) electrons. The average molecular weight is 300 g/mol. The van der Waals surface area contributed by atoms with Crippen LogP contribution in [0.2, 0.25) is 0 Å². The van der Waals surface area contributed by atoms with Crippen molar-refractivity contribution >= 4 is 0 Å². The van der Waals surface area contributed by atoms with Gasteiger partial charge in [-0.15, -0.1) is 0 Å². The number of hydrogen-bond acceptors (Lipinski definition) is 0. The molecule has 1 atom stereocenters. The Morgan fingerprint density at radius 3 is 2.43 bits per heavy atom. The molecule has 0 N–H and O–H groups in total. The largest absolute Gasteiger partial charge is 0.279 e. The van der Waals surface area contributed by atoms with Gasteiger partial charge in [0, 0.05) is 5.92 Å². The molecule has 21 heavy (non-hydrogen) atoms. The maximum Gasteiger partial charge on any atom is 0.279 e. The summed E-state index contributed by atoms with van der Waals surface area (Å²) in [5.41, 5.74) is -0.426. The van der Waals surface area contributed by atoms with Gasteiger partial charge in [-0.3, -0.25) is 0 Å². The molecule has 0 nitrogen and oxygen atoms in total. The zero-order valence-corrected chi connectivity index (χ0v) is 12.1. The third-order valence-corrected chi connectivity index (χ3v) is 5.25. The predicted molar refractivity (Wildman–Crippen MR) is 73.2 cm³/mol. The molecule has 0 bridgehead atoms. The minimum absolute atomic E-state index is 0.158. The second kappa shape index (κ2) is 5.29. The molecule has 2 aliphatic carbocycles. The number of hydrogen-bond donors (Lipinski definition) is 0. The molecule has 1 aromatic rings. The molecule has 0 spiro atoms. The monoisotopic (exact) mass is 300 g/mol. The van der Waals surface area contributed by atoms with Crippen molar-refractivity contribution in [3.8, 4) is 0 Å². The van der Waals surface area contributed by atoms with Gasteiger partial charge in [-0.25, -0.2) is 17.6 Å². The molecule has 0 saturated heterocycles. The van der Waals surface area contributed by atoms with Crippen molar-refractivity contribution in [2.45, 2.75) is 51.4 Å². The van der Waals surface area contributed by atoms with Crippen molar-refractivity contribution < 1.29 is 17.6 Å². The van der Waals surface area contributed by atoms with E-state index < -0.39 is 29.0 Å². The minimum atomic E-state index is -3.25.